The van der Waals surface area contributed by atoms with E-state index in [9.17, 15) is 25.5 Å². The molecule has 0 bridgehead atoms. The summed E-state index contributed by atoms with van der Waals surface area (Å²) in [5, 5.41) is 57.7. The number of nitrogens with zero attached hydrogens (tertiary/aromatic N) is 5. The fraction of sp³-hybridized carbons (Fsp3) is 1.00. The van der Waals surface area contributed by atoms with Crippen LogP contribution in [0, 0.1) is 0 Å². The molecule has 3 rings (SSSR count). The van der Waals surface area contributed by atoms with E-state index in [0.29, 0.717) is 50.3 Å². The van der Waals surface area contributed by atoms with Crippen LogP contribution >= 0.6 is 0 Å². The minimum atomic E-state index is -0.338. The molecule has 88 heavy (non-hydrogen) atoms. The summed E-state index contributed by atoms with van der Waals surface area (Å²) in [7, 11) is 0. The summed E-state index contributed by atoms with van der Waals surface area (Å²) < 4.78 is 0. The molecule has 1 saturated heterocycles. The molecule has 0 aromatic heterocycles. The number of unbranched alkanes of at least 4 members (excludes halogenated alkanes) is 35. The van der Waals surface area contributed by atoms with Crippen LogP contribution < -0.4 is 0 Å². The van der Waals surface area contributed by atoms with Gasteiger partial charge < -0.3 is 25.5 Å². The molecule has 0 radical (unpaired) electrons. The smallest absolute Gasteiger partial charge is 0.0667 e. The molecular weight excluding hydrogens is 1090 g/mol. The van der Waals surface area contributed by atoms with Crippen LogP contribution in [0.2, 0.25) is 0 Å². The second kappa shape index (κ2) is 56.9. The van der Waals surface area contributed by atoms with E-state index in [1.807, 2.05) is 0 Å². The van der Waals surface area contributed by atoms with Crippen LogP contribution in [0.1, 0.15) is 375 Å². The van der Waals surface area contributed by atoms with Crippen molar-refractivity contribution in [2.24, 2.45) is 0 Å². The number of aliphatic hydroxyl groups is 5. The number of piperazine rings is 1. The zero-order valence-corrected chi connectivity index (χ0v) is 59.9. The lowest BCUT2D eigenvalue weighted by molar-refractivity contribution is 0.00474. The van der Waals surface area contributed by atoms with Gasteiger partial charge in [0.1, 0.15) is 0 Å². The third kappa shape index (κ3) is 42.1. The zero-order valence-electron chi connectivity index (χ0n) is 59.9. The molecule has 0 spiro atoms. The van der Waals surface area contributed by atoms with Gasteiger partial charge in [0.15, 0.2) is 0 Å². The molecule has 1 heterocycles. The quantitative estimate of drug-likeness (QED) is 0.0377. The Morgan fingerprint density at radius 1 is 0.273 bits per heavy atom. The standard InChI is InChI=1S/C78H157N5O5/c1-6-11-16-21-26-31-36-41-46-74(84)65-81(71-53-57-73(58-54-71)83(68-77(87)49-44-39-34-29-24-19-14-9-4)69-78(88)50-45-40-35-30-25-20-15-10-5)64-61-79-59-62-80(63-60-79)70-51-55-72(56-52-70)82(66-75(85)47-42-37-32-27-22-17-12-7-2)67-76(86)48-43-38-33-28-23-18-13-8-3/h70-78,84-88H,6-69H2,1-5H3. The van der Waals surface area contributed by atoms with Gasteiger partial charge in [-0.2, -0.15) is 0 Å². The molecule has 3 aliphatic rings. The number of hydrogen-bond acceptors (Lipinski definition) is 10. The Bertz CT molecular complexity index is 1400. The van der Waals surface area contributed by atoms with Crippen LogP contribution in [0.3, 0.4) is 0 Å². The van der Waals surface area contributed by atoms with Gasteiger partial charge in [-0.25, -0.2) is 0 Å². The Morgan fingerprint density at radius 3 is 0.750 bits per heavy atom. The predicted octanol–water partition coefficient (Wildman–Crippen LogP) is 18.6. The number of hydrogen-bond donors (Lipinski definition) is 5. The maximum absolute atomic E-state index is 11.7. The van der Waals surface area contributed by atoms with Gasteiger partial charge in [0.25, 0.3) is 0 Å². The van der Waals surface area contributed by atoms with Gasteiger partial charge in [0.05, 0.1) is 30.5 Å². The third-order valence-corrected chi connectivity index (χ3v) is 21.7. The monoisotopic (exact) mass is 1240 g/mol. The maximum Gasteiger partial charge on any atom is 0.0667 e. The van der Waals surface area contributed by atoms with E-state index in [1.165, 1.54) is 238 Å². The number of rotatable bonds is 62. The molecule has 5 unspecified atom stereocenters. The molecule has 2 aliphatic carbocycles. The van der Waals surface area contributed by atoms with Crippen LogP contribution in [-0.4, -0.2) is 177 Å². The maximum atomic E-state index is 11.7. The van der Waals surface area contributed by atoms with Crippen LogP contribution in [0.15, 0.2) is 0 Å². The van der Waals surface area contributed by atoms with E-state index in [2.05, 4.69) is 59.1 Å². The van der Waals surface area contributed by atoms with Crippen molar-refractivity contribution in [3.8, 4) is 0 Å². The predicted molar refractivity (Wildman–Crippen MR) is 381 cm³/mol. The second-order valence-electron chi connectivity index (χ2n) is 29.8. The lowest BCUT2D eigenvalue weighted by Gasteiger charge is -2.45. The Hall–Kier alpha value is -0.400. The molecular formula is C78H157N5O5. The van der Waals surface area contributed by atoms with Gasteiger partial charge in [0.2, 0.25) is 0 Å². The lowest BCUT2D eigenvalue weighted by atomic mass is 9.88. The molecule has 0 aromatic carbocycles. The van der Waals surface area contributed by atoms with Gasteiger partial charge in [0, 0.05) is 96.2 Å². The number of aliphatic hydroxyl groups excluding tert-OH is 5. The first-order chi connectivity index (χ1) is 43.1. The van der Waals surface area contributed by atoms with Crippen LogP contribution in [-0.2, 0) is 0 Å². The summed E-state index contributed by atoms with van der Waals surface area (Å²) in [5.74, 6) is 0. The molecule has 1 aliphatic heterocycles. The highest BCUT2D eigenvalue weighted by atomic mass is 16.3. The van der Waals surface area contributed by atoms with E-state index in [-0.39, 0.29) is 30.5 Å². The Kier molecular flexibility index (Phi) is 52.9. The van der Waals surface area contributed by atoms with E-state index in [4.69, 9.17) is 0 Å². The minimum absolute atomic E-state index is 0.286. The SMILES string of the molecule is CCCCCCCCCCC(O)CN(CCN1CCN(C2CCC(N(CC(O)CCCCCCCCCC)CC(O)CCCCCCCCCC)CC2)CC1)C1CCC(N(CC(O)CCCCCCCCCC)CC(O)CCCCCCCCCC)CC1. The fourth-order valence-electron chi connectivity index (χ4n) is 15.7. The summed E-state index contributed by atoms with van der Waals surface area (Å²) in [6, 6.07) is 1.92. The molecule has 10 nitrogen and oxygen atoms in total. The first-order valence-electron chi connectivity index (χ1n) is 40.2. The van der Waals surface area contributed by atoms with Gasteiger partial charge in [-0.3, -0.25) is 24.5 Å². The van der Waals surface area contributed by atoms with E-state index in [0.717, 1.165) is 149 Å². The summed E-state index contributed by atoms with van der Waals surface area (Å²) >= 11 is 0. The highest BCUT2D eigenvalue weighted by Crippen LogP contribution is 2.31. The molecule has 0 aromatic rings. The Morgan fingerprint density at radius 2 is 0.489 bits per heavy atom. The first kappa shape index (κ1) is 81.8. The lowest BCUT2D eigenvalue weighted by Crippen LogP contribution is -2.54. The van der Waals surface area contributed by atoms with Crippen molar-refractivity contribution < 1.29 is 25.5 Å². The third-order valence-electron chi connectivity index (χ3n) is 21.7. The second-order valence-corrected chi connectivity index (χ2v) is 29.8. The highest BCUT2D eigenvalue weighted by molar-refractivity contribution is 4.91. The summed E-state index contributed by atoms with van der Waals surface area (Å²) in [6.07, 6.45) is 63.5. The van der Waals surface area contributed by atoms with Gasteiger partial charge in [-0.1, -0.05) is 291 Å². The zero-order chi connectivity index (χ0) is 63.3. The van der Waals surface area contributed by atoms with Crippen molar-refractivity contribution in [1.29, 1.82) is 0 Å². The molecule has 2 saturated carbocycles. The van der Waals surface area contributed by atoms with Gasteiger partial charge >= 0.3 is 0 Å². The first-order valence-corrected chi connectivity index (χ1v) is 40.2. The average molecular weight is 1250 g/mol. The fourth-order valence-corrected chi connectivity index (χ4v) is 15.7. The topological polar surface area (TPSA) is 117 Å². The Balaban J connectivity index is 1.58. The van der Waals surface area contributed by atoms with Crippen LogP contribution in [0.25, 0.3) is 0 Å². The summed E-state index contributed by atoms with van der Waals surface area (Å²) in [6.45, 7) is 21.5. The molecule has 524 valence electrons. The summed E-state index contributed by atoms with van der Waals surface area (Å²) in [5.41, 5.74) is 0. The molecule has 10 heteroatoms. The molecule has 3 fully saturated rings. The summed E-state index contributed by atoms with van der Waals surface area (Å²) in [4.78, 5) is 13.3. The van der Waals surface area contributed by atoms with Crippen molar-refractivity contribution in [3.05, 3.63) is 0 Å². The Labute approximate surface area is 549 Å². The van der Waals surface area contributed by atoms with Crippen molar-refractivity contribution in [3.63, 3.8) is 0 Å². The van der Waals surface area contributed by atoms with E-state index >= 15 is 0 Å². The highest BCUT2D eigenvalue weighted by Gasteiger charge is 2.35. The van der Waals surface area contributed by atoms with Gasteiger partial charge in [-0.15, -0.1) is 0 Å². The minimum Gasteiger partial charge on any atom is -0.392 e. The average Bonchev–Trinajstić information content (AvgIpc) is 3.66. The molecule has 0 amide bonds. The normalized spacial score (nSPS) is 20.8. The van der Waals surface area contributed by atoms with E-state index < -0.39 is 0 Å². The van der Waals surface area contributed by atoms with E-state index in [1.54, 1.807) is 0 Å². The largest absolute Gasteiger partial charge is 0.392 e. The van der Waals surface area contributed by atoms with Crippen molar-refractivity contribution in [2.45, 2.75) is 430 Å². The molecule has 5 N–H and O–H groups in total. The van der Waals surface area contributed by atoms with Crippen LogP contribution in [0.5, 0.6) is 0 Å². The van der Waals surface area contributed by atoms with Gasteiger partial charge in [-0.05, 0) is 83.5 Å². The van der Waals surface area contributed by atoms with Crippen molar-refractivity contribution in [2.75, 3.05) is 72.0 Å². The van der Waals surface area contributed by atoms with Crippen molar-refractivity contribution >= 4 is 0 Å². The molecule has 5 atom stereocenters. The van der Waals surface area contributed by atoms with Crippen molar-refractivity contribution in [1.82, 2.24) is 24.5 Å². The van der Waals surface area contributed by atoms with Crippen LogP contribution in [0.4, 0.5) is 0 Å².